The van der Waals surface area contributed by atoms with Crippen molar-refractivity contribution in [1.82, 2.24) is 15.3 Å². The molecular weight excluding hydrogens is 370 g/mol. The molecule has 2 aromatic rings. The van der Waals surface area contributed by atoms with Crippen molar-refractivity contribution < 1.29 is 9.90 Å². The number of nitrogens with zero attached hydrogens (tertiary/aromatic N) is 2. The van der Waals surface area contributed by atoms with Gasteiger partial charge in [-0.1, -0.05) is 30.9 Å². The molecule has 1 aliphatic carbocycles. The van der Waals surface area contributed by atoms with Crippen LogP contribution in [0.1, 0.15) is 42.5 Å². The van der Waals surface area contributed by atoms with Crippen LogP contribution in [0.3, 0.4) is 0 Å². The molecule has 0 unspecified atom stereocenters. The highest BCUT2D eigenvalue weighted by atomic mass is 35.5. The van der Waals surface area contributed by atoms with Gasteiger partial charge in [-0.3, -0.25) is 4.79 Å². The van der Waals surface area contributed by atoms with Gasteiger partial charge in [0.05, 0.1) is 21.2 Å². The van der Waals surface area contributed by atoms with Gasteiger partial charge in [0.15, 0.2) is 5.82 Å². The van der Waals surface area contributed by atoms with Gasteiger partial charge in [-0.05, 0) is 43.4 Å². The number of halogens is 1. The first-order valence-corrected chi connectivity index (χ1v) is 10.3. The zero-order valence-corrected chi connectivity index (χ0v) is 16.2. The van der Waals surface area contributed by atoms with Gasteiger partial charge in [0, 0.05) is 18.3 Å². The summed E-state index contributed by atoms with van der Waals surface area (Å²) in [5.74, 6) is 0.255. The Hall–Kier alpha value is -1.63. The van der Waals surface area contributed by atoms with Crippen LogP contribution < -0.4 is 5.32 Å². The summed E-state index contributed by atoms with van der Waals surface area (Å²) in [6, 6.07) is 7.01. The van der Waals surface area contributed by atoms with Crippen molar-refractivity contribution in [3.63, 3.8) is 0 Å². The number of aliphatic hydroxyl groups is 1. The minimum Gasteiger partial charge on any atom is -0.388 e. The van der Waals surface area contributed by atoms with Crippen LogP contribution >= 0.6 is 23.4 Å². The molecule has 0 saturated heterocycles. The Balaban J connectivity index is 1.77. The second kappa shape index (κ2) is 8.37. The molecule has 1 amide bonds. The number of amides is 1. The topological polar surface area (TPSA) is 75.1 Å². The van der Waals surface area contributed by atoms with Gasteiger partial charge < -0.3 is 10.4 Å². The SMILES string of the molecule is CSc1ccnc(-c2ccc(Cl)c(C(=O)NCC3(O)CCCCC3)c2)n1. The molecular formula is C19H22ClN3O2S. The Labute approximate surface area is 162 Å². The summed E-state index contributed by atoms with van der Waals surface area (Å²) in [5, 5.41) is 14.6. The van der Waals surface area contributed by atoms with E-state index in [9.17, 15) is 9.90 Å². The minimum atomic E-state index is -0.812. The first-order valence-electron chi connectivity index (χ1n) is 8.68. The molecule has 26 heavy (non-hydrogen) atoms. The highest BCUT2D eigenvalue weighted by molar-refractivity contribution is 7.98. The fourth-order valence-corrected chi connectivity index (χ4v) is 3.74. The quantitative estimate of drug-likeness (QED) is 0.596. The van der Waals surface area contributed by atoms with Gasteiger partial charge in [0.2, 0.25) is 0 Å². The lowest BCUT2D eigenvalue weighted by Gasteiger charge is -2.32. The number of hydrogen-bond acceptors (Lipinski definition) is 5. The molecule has 1 saturated carbocycles. The molecule has 1 heterocycles. The van der Waals surface area contributed by atoms with Crippen molar-refractivity contribution in [3.8, 4) is 11.4 Å². The molecule has 7 heteroatoms. The van der Waals surface area contributed by atoms with E-state index in [1.165, 1.54) is 11.8 Å². The molecule has 0 bridgehead atoms. The van der Waals surface area contributed by atoms with Crippen LogP contribution in [0, 0.1) is 0 Å². The van der Waals surface area contributed by atoms with Crippen LogP contribution in [0.5, 0.6) is 0 Å². The van der Waals surface area contributed by atoms with Gasteiger partial charge >= 0.3 is 0 Å². The number of thioether (sulfide) groups is 1. The second-order valence-corrected chi connectivity index (χ2v) is 7.82. The summed E-state index contributed by atoms with van der Waals surface area (Å²) in [4.78, 5) is 21.3. The van der Waals surface area contributed by atoms with Gasteiger partial charge in [-0.2, -0.15) is 0 Å². The molecule has 0 radical (unpaired) electrons. The Morgan fingerprint density at radius 3 is 2.81 bits per heavy atom. The summed E-state index contributed by atoms with van der Waals surface area (Å²) >= 11 is 7.76. The highest BCUT2D eigenvalue weighted by Gasteiger charge is 2.29. The van der Waals surface area contributed by atoms with Crippen molar-refractivity contribution in [2.24, 2.45) is 0 Å². The van der Waals surface area contributed by atoms with E-state index in [0.717, 1.165) is 42.7 Å². The molecule has 0 spiro atoms. The predicted octanol–water partition coefficient (Wildman–Crippen LogP) is 3.94. The van der Waals surface area contributed by atoms with Crippen molar-refractivity contribution >= 4 is 29.3 Å². The van der Waals surface area contributed by atoms with Gasteiger partial charge in [0.25, 0.3) is 5.91 Å². The van der Waals surface area contributed by atoms with E-state index in [1.807, 2.05) is 12.3 Å². The number of nitrogens with one attached hydrogen (secondary N) is 1. The van der Waals surface area contributed by atoms with E-state index < -0.39 is 5.60 Å². The number of benzene rings is 1. The third-order valence-electron chi connectivity index (χ3n) is 4.67. The second-order valence-electron chi connectivity index (χ2n) is 6.58. The molecule has 138 valence electrons. The molecule has 3 rings (SSSR count). The highest BCUT2D eigenvalue weighted by Crippen LogP contribution is 2.28. The van der Waals surface area contributed by atoms with Gasteiger partial charge in [-0.25, -0.2) is 9.97 Å². The van der Waals surface area contributed by atoms with Crippen molar-refractivity contribution in [2.45, 2.75) is 42.7 Å². The average molecular weight is 392 g/mol. The number of carbonyl (C=O) groups excluding carboxylic acids is 1. The van der Waals surface area contributed by atoms with E-state index in [2.05, 4.69) is 15.3 Å². The maximum absolute atomic E-state index is 12.6. The van der Waals surface area contributed by atoms with Crippen LogP contribution in [-0.2, 0) is 0 Å². The predicted molar refractivity (Wildman–Crippen MR) is 105 cm³/mol. The Bertz CT molecular complexity index is 794. The van der Waals surface area contributed by atoms with E-state index in [4.69, 9.17) is 11.6 Å². The zero-order chi connectivity index (χ0) is 18.6. The summed E-state index contributed by atoms with van der Waals surface area (Å²) in [7, 11) is 0. The molecule has 0 atom stereocenters. The molecule has 2 N–H and O–H groups in total. The van der Waals surface area contributed by atoms with Crippen molar-refractivity contribution in [2.75, 3.05) is 12.8 Å². The molecule has 1 aliphatic rings. The number of carbonyl (C=O) groups is 1. The van der Waals surface area contributed by atoms with E-state index in [-0.39, 0.29) is 12.5 Å². The lowest BCUT2D eigenvalue weighted by Crippen LogP contribution is -2.44. The standard InChI is InChI=1S/C19H22ClN3O2S/c1-26-16-7-10-21-17(23-16)13-5-6-15(20)14(11-13)18(24)22-12-19(25)8-3-2-4-9-19/h5-7,10-11,25H,2-4,8-9,12H2,1H3,(H,22,24). The summed E-state index contributed by atoms with van der Waals surface area (Å²) in [5.41, 5.74) is 0.280. The van der Waals surface area contributed by atoms with Crippen LogP contribution in [0.25, 0.3) is 11.4 Å². The average Bonchev–Trinajstić information content (AvgIpc) is 2.67. The smallest absolute Gasteiger partial charge is 0.252 e. The Morgan fingerprint density at radius 2 is 2.08 bits per heavy atom. The van der Waals surface area contributed by atoms with E-state index in [1.54, 1.807) is 24.4 Å². The first kappa shape index (κ1) is 19.1. The molecule has 0 aliphatic heterocycles. The van der Waals surface area contributed by atoms with Crippen molar-refractivity contribution in [3.05, 3.63) is 41.0 Å². The number of rotatable bonds is 5. The summed E-state index contributed by atoms with van der Waals surface area (Å²) in [6.45, 7) is 0.241. The first-order chi connectivity index (χ1) is 12.5. The minimum absolute atomic E-state index is 0.241. The molecule has 1 aromatic carbocycles. The maximum Gasteiger partial charge on any atom is 0.252 e. The lowest BCUT2D eigenvalue weighted by atomic mass is 9.85. The van der Waals surface area contributed by atoms with Crippen LogP contribution in [0.4, 0.5) is 0 Å². The summed E-state index contributed by atoms with van der Waals surface area (Å²) < 4.78 is 0. The summed E-state index contributed by atoms with van der Waals surface area (Å²) in [6.07, 6.45) is 8.20. The molecule has 1 fully saturated rings. The third-order valence-corrected chi connectivity index (χ3v) is 5.65. The monoisotopic (exact) mass is 391 g/mol. The van der Waals surface area contributed by atoms with Crippen LogP contribution in [0.15, 0.2) is 35.5 Å². The maximum atomic E-state index is 12.6. The van der Waals surface area contributed by atoms with Crippen molar-refractivity contribution in [1.29, 1.82) is 0 Å². The third kappa shape index (κ3) is 4.55. The fourth-order valence-electron chi connectivity index (χ4n) is 3.16. The zero-order valence-electron chi connectivity index (χ0n) is 14.7. The van der Waals surface area contributed by atoms with Crippen LogP contribution in [-0.4, -0.2) is 39.4 Å². The van der Waals surface area contributed by atoms with Crippen LogP contribution in [0.2, 0.25) is 5.02 Å². The van der Waals surface area contributed by atoms with Gasteiger partial charge in [-0.15, -0.1) is 11.8 Å². The number of hydrogen-bond donors (Lipinski definition) is 2. The molecule has 1 aromatic heterocycles. The lowest BCUT2D eigenvalue weighted by molar-refractivity contribution is 0.00526. The van der Waals surface area contributed by atoms with E-state index >= 15 is 0 Å². The Kier molecular flexibility index (Phi) is 6.16. The van der Waals surface area contributed by atoms with Gasteiger partial charge in [0.1, 0.15) is 0 Å². The Morgan fingerprint density at radius 1 is 1.31 bits per heavy atom. The van der Waals surface area contributed by atoms with E-state index in [0.29, 0.717) is 16.4 Å². The largest absolute Gasteiger partial charge is 0.388 e. The normalized spacial score (nSPS) is 16.3. The molecule has 5 nitrogen and oxygen atoms in total. The fraction of sp³-hybridized carbons (Fsp3) is 0.421. The number of aromatic nitrogens is 2.